The number of nitrogens with one attached hydrogen (secondary N) is 1. The van der Waals surface area contributed by atoms with Gasteiger partial charge in [0.1, 0.15) is 0 Å². The van der Waals surface area contributed by atoms with Crippen molar-refractivity contribution < 1.29 is 9.53 Å². The maximum Gasteiger partial charge on any atom is 0.217 e. The maximum atomic E-state index is 11.1. The second kappa shape index (κ2) is 4.66. The predicted molar refractivity (Wildman–Crippen MR) is 62.0 cm³/mol. The fourth-order valence-electron chi connectivity index (χ4n) is 2.39. The van der Waals surface area contributed by atoms with Gasteiger partial charge in [0.25, 0.3) is 0 Å². The van der Waals surface area contributed by atoms with E-state index < -0.39 is 0 Å². The molecule has 0 aromatic heterocycles. The van der Waals surface area contributed by atoms with E-state index in [1.165, 1.54) is 11.1 Å². The summed E-state index contributed by atoms with van der Waals surface area (Å²) in [5, 5.41) is 2.99. The van der Waals surface area contributed by atoms with Crippen LogP contribution in [-0.4, -0.2) is 13.0 Å². The van der Waals surface area contributed by atoms with Crippen LogP contribution in [0.2, 0.25) is 0 Å². The van der Waals surface area contributed by atoms with Crippen LogP contribution in [0.4, 0.5) is 0 Å². The molecule has 0 radical (unpaired) electrons. The standard InChI is InChI=1S/C13H17NO2/c1-9(15)14-12-7-8-13(16-2)11-6-4-3-5-10(11)12/h3-6,12-13H,7-8H2,1-2H3,(H,14,15)/t12-,13-/m1/s1. The van der Waals surface area contributed by atoms with Crippen molar-refractivity contribution >= 4 is 5.91 Å². The number of benzene rings is 1. The Morgan fingerprint density at radius 2 is 2.00 bits per heavy atom. The van der Waals surface area contributed by atoms with E-state index in [1.54, 1.807) is 14.0 Å². The van der Waals surface area contributed by atoms with E-state index in [0.29, 0.717) is 0 Å². The quantitative estimate of drug-likeness (QED) is 0.829. The highest BCUT2D eigenvalue weighted by Crippen LogP contribution is 2.37. The molecule has 2 atom stereocenters. The van der Waals surface area contributed by atoms with Gasteiger partial charge in [-0.3, -0.25) is 4.79 Å². The van der Waals surface area contributed by atoms with Crippen molar-refractivity contribution in [2.75, 3.05) is 7.11 Å². The van der Waals surface area contributed by atoms with Crippen molar-refractivity contribution in [3.8, 4) is 0 Å². The first-order valence-electron chi connectivity index (χ1n) is 5.61. The summed E-state index contributed by atoms with van der Waals surface area (Å²) >= 11 is 0. The molecule has 1 amide bonds. The molecule has 86 valence electrons. The molecule has 16 heavy (non-hydrogen) atoms. The van der Waals surface area contributed by atoms with Gasteiger partial charge in [-0.2, -0.15) is 0 Å². The van der Waals surface area contributed by atoms with E-state index in [0.717, 1.165) is 12.8 Å². The lowest BCUT2D eigenvalue weighted by molar-refractivity contribution is -0.119. The van der Waals surface area contributed by atoms with Crippen molar-refractivity contribution in [2.24, 2.45) is 0 Å². The number of ether oxygens (including phenoxy) is 1. The van der Waals surface area contributed by atoms with Gasteiger partial charge in [-0.05, 0) is 24.0 Å². The summed E-state index contributed by atoms with van der Waals surface area (Å²) in [6.07, 6.45) is 2.06. The van der Waals surface area contributed by atoms with Crippen LogP contribution in [0, 0.1) is 0 Å². The SMILES string of the molecule is CO[C@@H]1CC[C@@H](NC(C)=O)c2ccccc21. The Kier molecular flexibility index (Phi) is 3.25. The highest BCUT2D eigenvalue weighted by molar-refractivity contribution is 5.73. The Balaban J connectivity index is 2.31. The fraction of sp³-hybridized carbons (Fsp3) is 0.462. The van der Waals surface area contributed by atoms with E-state index in [2.05, 4.69) is 17.4 Å². The summed E-state index contributed by atoms with van der Waals surface area (Å²) < 4.78 is 5.46. The molecule has 0 unspecified atom stereocenters. The van der Waals surface area contributed by atoms with Gasteiger partial charge in [0, 0.05) is 14.0 Å². The van der Waals surface area contributed by atoms with Gasteiger partial charge in [-0.25, -0.2) is 0 Å². The highest BCUT2D eigenvalue weighted by atomic mass is 16.5. The van der Waals surface area contributed by atoms with Crippen LogP contribution >= 0.6 is 0 Å². The lowest BCUT2D eigenvalue weighted by atomic mass is 9.85. The lowest BCUT2D eigenvalue weighted by Gasteiger charge is -2.31. The molecule has 0 bridgehead atoms. The van der Waals surface area contributed by atoms with Gasteiger partial charge in [0.05, 0.1) is 12.1 Å². The number of rotatable bonds is 2. The number of methoxy groups -OCH3 is 1. The van der Waals surface area contributed by atoms with E-state index in [9.17, 15) is 4.79 Å². The molecule has 1 aliphatic carbocycles. The van der Waals surface area contributed by atoms with E-state index in [4.69, 9.17) is 4.74 Å². The maximum absolute atomic E-state index is 11.1. The van der Waals surface area contributed by atoms with Crippen molar-refractivity contribution in [2.45, 2.75) is 31.9 Å². The summed E-state index contributed by atoms with van der Waals surface area (Å²) in [6.45, 7) is 1.56. The Labute approximate surface area is 95.8 Å². The van der Waals surface area contributed by atoms with Crippen LogP contribution < -0.4 is 5.32 Å². The zero-order chi connectivity index (χ0) is 11.5. The number of carbonyl (C=O) groups is 1. The Morgan fingerprint density at radius 3 is 2.62 bits per heavy atom. The molecular formula is C13H17NO2. The molecular weight excluding hydrogens is 202 g/mol. The Morgan fingerprint density at radius 1 is 1.31 bits per heavy atom. The molecule has 1 aliphatic rings. The summed E-state index contributed by atoms with van der Waals surface area (Å²) in [7, 11) is 1.74. The van der Waals surface area contributed by atoms with Crippen LogP contribution in [0.25, 0.3) is 0 Å². The average Bonchev–Trinajstić information content (AvgIpc) is 2.29. The average molecular weight is 219 g/mol. The molecule has 3 heteroatoms. The largest absolute Gasteiger partial charge is 0.377 e. The lowest BCUT2D eigenvalue weighted by Crippen LogP contribution is -2.30. The van der Waals surface area contributed by atoms with Gasteiger partial charge in [-0.1, -0.05) is 24.3 Å². The van der Waals surface area contributed by atoms with Crippen LogP contribution in [0.5, 0.6) is 0 Å². The summed E-state index contributed by atoms with van der Waals surface area (Å²) in [5.41, 5.74) is 2.39. The van der Waals surface area contributed by atoms with Crippen LogP contribution in [0.1, 0.15) is 43.0 Å². The molecule has 1 aromatic carbocycles. The zero-order valence-corrected chi connectivity index (χ0v) is 9.69. The second-order valence-corrected chi connectivity index (χ2v) is 4.18. The summed E-state index contributed by atoms with van der Waals surface area (Å²) in [6, 6.07) is 8.31. The van der Waals surface area contributed by atoms with Crippen molar-refractivity contribution in [1.82, 2.24) is 5.32 Å². The Hall–Kier alpha value is -1.35. The zero-order valence-electron chi connectivity index (χ0n) is 9.69. The van der Waals surface area contributed by atoms with E-state index >= 15 is 0 Å². The molecule has 0 aliphatic heterocycles. The third-order valence-electron chi connectivity index (χ3n) is 3.10. The third-order valence-corrected chi connectivity index (χ3v) is 3.10. The minimum absolute atomic E-state index is 0.0238. The number of hydrogen-bond donors (Lipinski definition) is 1. The van der Waals surface area contributed by atoms with E-state index in [1.807, 2.05) is 12.1 Å². The van der Waals surface area contributed by atoms with Crippen molar-refractivity contribution in [3.63, 3.8) is 0 Å². The molecule has 0 saturated heterocycles. The molecule has 1 N–H and O–H groups in total. The molecule has 2 rings (SSSR count). The van der Waals surface area contributed by atoms with Gasteiger partial charge in [-0.15, -0.1) is 0 Å². The monoisotopic (exact) mass is 219 g/mol. The van der Waals surface area contributed by atoms with Gasteiger partial charge >= 0.3 is 0 Å². The van der Waals surface area contributed by atoms with Crippen LogP contribution in [0.3, 0.4) is 0 Å². The first-order chi connectivity index (χ1) is 7.72. The number of hydrogen-bond acceptors (Lipinski definition) is 2. The van der Waals surface area contributed by atoms with Crippen molar-refractivity contribution in [3.05, 3.63) is 35.4 Å². The summed E-state index contributed by atoms with van der Waals surface area (Å²) in [4.78, 5) is 11.1. The smallest absolute Gasteiger partial charge is 0.217 e. The number of amides is 1. The summed E-state index contributed by atoms with van der Waals surface area (Å²) in [5.74, 6) is 0.0238. The molecule has 0 fully saturated rings. The molecule has 0 spiro atoms. The van der Waals surface area contributed by atoms with Crippen molar-refractivity contribution in [1.29, 1.82) is 0 Å². The second-order valence-electron chi connectivity index (χ2n) is 4.18. The molecule has 0 saturated carbocycles. The minimum Gasteiger partial charge on any atom is -0.377 e. The Bertz CT molecular complexity index is 389. The van der Waals surface area contributed by atoms with E-state index in [-0.39, 0.29) is 18.1 Å². The van der Waals surface area contributed by atoms with Crippen LogP contribution in [-0.2, 0) is 9.53 Å². The third kappa shape index (κ3) is 2.09. The predicted octanol–water partition coefficient (Wildman–Crippen LogP) is 2.35. The number of fused-ring (bicyclic) bond motifs is 1. The van der Waals surface area contributed by atoms with Gasteiger partial charge in [0.2, 0.25) is 5.91 Å². The molecule has 3 nitrogen and oxygen atoms in total. The first-order valence-corrected chi connectivity index (χ1v) is 5.61. The first kappa shape index (κ1) is 11.1. The minimum atomic E-state index is 0.0238. The number of carbonyl (C=O) groups excluding carboxylic acids is 1. The van der Waals surface area contributed by atoms with Gasteiger partial charge in [0.15, 0.2) is 0 Å². The topological polar surface area (TPSA) is 38.3 Å². The fourth-order valence-corrected chi connectivity index (χ4v) is 2.39. The highest BCUT2D eigenvalue weighted by Gasteiger charge is 2.26. The van der Waals surface area contributed by atoms with Gasteiger partial charge < -0.3 is 10.1 Å². The molecule has 1 aromatic rings. The molecule has 0 heterocycles. The van der Waals surface area contributed by atoms with Crippen LogP contribution in [0.15, 0.2) is 24.3 Å². The normalized spacial score (nSPS) is 23.6.